The zero-order chi connectivity index (χ0) is 15.1. The first kappa shape index (κ1) is 14.3. The second-order valence-corrected chi connectivity index (χ2v) is 7.38. The lowest BCUT2D eigenvalue weighted by molar-refractivity contribution is -0.140. The Kier molecular flexibility index (Phi) is 3.72. The summed E-state index contributed by atoms with van der Waals surface area (Å²) in [5.41, 5.74) is 0. The Labute approximate surface area is 135 Å². The van der Waals surface area contributed by atoms with E-state index in [0.717, 1.165) is 43.2 Å². The summed E-state index contributed by atoms with van der Waals surface area (Å²) in [5.74, 6) is 1.97. The maximum absolute atomic E-state index is 12.3. The van der Waals surface area contributed by atoms with E-state index in [2.05, 4.69) is 19.8 Å². The number of carbonyl (C=O) groups excluding carboxylic acids is 1. The van der Waals surface area contributed by atoms with Gasteiger partial charge >= 0.3 is 0 Å². The predicted molar refractivity (Wildman–Crippen MR) is 87.0 cm³/mol. The lowest BCUT2D eigenvalue weighted by atomic mass is 9.83. The Morgan fingerprint density at radius 1 is 1.23 bits per heavy atom. The molecule has 118 valence electrons. The first-order valence-electron chi connectivity index (χ1n) is 8.18. The van der Waals surface area contributed by atoms with Gasteiger partial charge < -0.3 is 9.80 Å². The number of hydrogen-bond donors (Lipinski definition) is 0. The van der Waals surface area contributed by atoms with Gasteiger partial charge in [-0.15, -0.1) is 11.8 Å². The minimum Gasteiger partial charge on any atom is -0.355 e. The molecule has 1 amide bonds. The number of rotatable bonds is 3. The highest BCUT2D eigenvalue weighted by molar-refractivity contribution is 7.98. The Balaban J connectivity index is 1.50. The van der Waals surface area contributed by atoms with Gasteiger partial charge in [-0.1, -0.05) is 0 Å². The molecule has 0 spiro atoms. The number of thioether (sulfide) groups is 1. The molecule has 0 aromatic carbocycles. The van der Waals surface area contributed by atoms with Crippen LogP contribution in [0, 0.1) is 5.92 Å². The number of nitrogens with zero attached hydrogens (tertiary/aromatic N) is 4. The molecule has 1 aliphatic carbocycles. The molecule has 4 rings (SSSR count). The van der Waals surface area contributed by atoms with Crippen LogP contribution < -0.4 is 4.90 Å². The van der Waals surface area contributed by atoms with Crippen molar-refractivity contribution in [2.24, 2.45) is 5.92 Å². The minimum absolute atomic E-state index is 0.390. The normalized spacial score (nSPS) is 28.7. The van der Waals surface area contributed by atoms with Gasteiger partial charge in [0.05, 0.1) is 12.4 Å². The first-order valence-corrected chi connectivity index (χ1v) is 9.41. The van der Waals surface area contributed by atoms with Gasteiger partial charge in [-0.3, -0.25) is 9.78 Å². The van der Waals surface area contributed by atoms with Crippen LogP contribution in [0.2, 0.25) is 0 Å². The smallest absolute Gasteiger partial charge is 0.223 e. The molecule has 3 aliphatic rings. The summed E-state index contributed by atoms with van der Waals surface area (Å²) in [4.78, 5) is 25.8. The average molecular weight is 318 g/mol. The number of fused-ring (bicyclic) bond motifs is 1. The molecule has 2 saturated heterocycles. The van der Waals surface area contributed by atoms with Crippen molar-refractivity contribution in [3.63, 3.8) is 0 Å². The highest BCUT2D eigenvalue weighted by Gasteiger charge is 2.45. The maximum atomic E-state index is 12.3. The van der Waals surface area contributed by atoms with Crippen molar-refractivity contribution in [1.29, 1.82) is 0 Å². The lowest BCUT2D eigenvalue weighted by Gasteiger charge is -2.47. The average Bonchev–Trinajstić information content (AvgIpc) is 3.39. The molecule has 3 heterocycles. The highest BCUT2D eigenvalue weighted by Crippen LogP contribution is 2.39. The topological polar surface area (TPSA) is 49.3 Å². The highest BCUT2D eigenvalue weighted by atomic mass is 32.2. The first-order chi connectivity index (χ1) is 10.8. The van der Waals surface area contributed by atoms with Gasteiger partial charge in [-0.2, -0.15) is 0 Å². The molecule has 1 saturated carbocycles. The fourth-order valence-electron chi connectivity index (χ4n) is 3.92. The van der Waals surface area contributed by atoms with E-state index in [9.17, 15) is 4.79 Å². The van der Waals surface area contributed by atoms with E-state index in [-0.39, 0.29) is 0 Å². The Hall–Kier alpha value is -1.30. The summed E-state index contributed by atoms with van der Waals surface area (Å²) in [6.45, 7) is 1.98. The van der Waals surface area contributed by atoms with Crippen LogP contribution in [0.25, 0.3) is 0 Å². The molecule has 0 bridgehead atoms. The van der Waals surface area contributed by atoms with Gasteiger partial charge in [0.15, 0.2) is 0 Å². The molecular formula is C16H22N4OS. The van der Waals surface area contributed by atoms with Crippen molar-refractivity contribution < 1.29 is 4.79 Å². The van der Waals surface area contributed by atoms with Crippen molar-refractivity contribution in [3.8, 4) is 0 Å². The van der Waals surface area contributed by atoms with Crippen LogP contribution >= 0.6 is 11.8 Å². The zero-order valence-electron chi connectivity index (χ0n) is 12.9. The van der Waals surface area contributed by atoms with E-state index in [1.54, 1.807) is 11.8 Å². The molecule has 2 aliphatic heterocycles. The molecule has 22 heavy (non-hydrogen) atoms. The predicted octanol–water partition coefficient (Wildman–Crippen LogP) is 2.18. The third-order valence-corrected chi connectivity index (χ3v) is 5.76. The molecule has 5 nitrogen and oxygen atoms in total. The van der Waals surface area contributed by atoms with Crippen molar-refractivity contribution in [2.45, 2.75) is 49.2 Å². The number of hydrogen-bond acceptors (Lipinski definition) is 5. The third kappa shape index (κ3) is 2.57. The largest absolute Gasteiger partial charge is 0.355 e. The fraction of sp³-hybridized carbons (Fsp3) is 0.688. The van der Waals surface area contributed by atoms with Gasteiger partial charge in [0.25, 0.3) is 0 Å². The van der Waals surface area contributed by atoms with Gasteiger partial charge in [-0.25, -0.2) is 4.98 Å². The summed E-state index contributed by atoms with van der Waals surface area (Å²) in [6, 6.07) is 1.01. The Morgan fingerprint density at radius 3 is 2.86 bits per heavy atom. The van der Waals surface area contributed by atoms with Crippen LogP contribution in [-0.2, 0) is 4.79 Å². The monoisotopic (exact) mass is 318 g/mol. The van der Waals surface area contributed by atoms with Gasteiger partial charge in [0, 0.05) is 31.6 Å². The van der Waals surface area contributed by atoms with Crippen molar-refractivity contribution >= 4 is 23.5 Å². The van der Waals surface area contributed by atoms with Crippen LogP contribution in [0.15, 0.2) is 17.4 Å². The number of carbonyl (C=O) groups is 1. The Morgan fingerprint density at radius 2 is 2.09 bits per heavy atom. The molecule has 1 aromatic heterocycles. The zero-order valence-corrected chi connectivity index (χ0v) is 13.8. The Bertz CT molecular complexity index is 577. The minimum atomic E-state index is 0.390. The lowest BCUT2D eigenvalue weighted by Crippen LogP contribution is -2.56. The van der Waals surface area contributed by atoms with Crippen LogP contribution in [-0.4, -0.2) is 52.2 Å². The van der Waals surface area contributed by atoms with E-state index in [1.165, 1.54) is 12.8 Å². The number of aromatic nitrogens is 2. The van der Waals surface area contributed by atoms with Crippen LogP contribution in [0.4, 0.5) is 5.82 Å². The standard InChI is InChI=1S/C16H22N4OS/c1-22-15-9-17-8-14(18-15)19-7-6-13-11(10-19)2-5-16(21)20(13)12-3-4-12/h8-9,11-13H,2-7,10H2,1H3/t11-,13-/m0/s1. The van der Waals surface area contributed by atoms with Crippen molar-refractivity contribution in [3.05, 3.63) is 12.4 Å². The molecule has 0 N–H and O–H groups in total. The molecule has 2 atom stereocenters. The third-order valence-electron chi connectivity index (χ3n) is 5.14. The SMILES string of the molecule is CSc1cncc(N2CC[C@H]3[C@@H](CCC(=O)N3C3CC3)C2)n1. The summed E-state index contributed by atoms with van der Waals surface area (Å²) in [7, 11) is 0. The summed E-state index contributed by atoms with van der Waals surface area (Å²) < 4.78 is 0. The van der Waals surface area contributed by atoms with E-state index in [1.807, 2.05) is 18.6 Å². The van der Waals surface area contributed by atoms with Gasteiger partial charge in [0.1, 0.15) is 10.8 Å². The fourth-order valence-corrected chi connectivity index (χ4v) is 4.27. The van der Waals surface area contributed by atoms with E-state index >= 15 is 0 Å². The van der Waals surface area contributed by atoms with Crippen LogP contribution in [0.1, 0.15) is 32.1 Å². The van der Waals surface area contributed by atoms with Gasteiger partial charge in [0.2, 0.25) is 5.91 Å². The number of likely N-dealkylation sites (tertiary alicyclic amines) is 1. The van der Waals surface area contributed by atoms with Crippen LogP contribution in [0.3, 0.4) is 0 Å². The molecule has 1 aromatic rings. The second kappa shape index (κ2) is 5.72. The van der Waals surface area contributed by atoms with Crippen molar-refractivity contribution in [1.82, 2.24) is 14.9 Å². The summed E-state index contributed by atoms with van der Waals surface area (Å²) in [6.07, 6.45) is 10.9. The molecule has 6 heteroatoms. The van der Waals surface area contributed by atoms with E-state index in [4.69, 9.17) is 0 Å². The number of amides is 1. The quantitative estimate of drug-likeness (QED) is 0.800. The molecule has 0 unspecified atom stereocenters. The molecule has 0 radical (unpaired) electrons. The maximum Gasteiger partial charge on any atom is 0.223 e. The number of anilines is 1. The van der Waals surface area contributed by atoms with E-state index in [0.29, 0.717) is 23.9 Å². The summed E-state index contributed by atoms with van der Waals surface area (Å²) in [5, 5.41) is 0.970. The molecular weight excluding hydrogens is 296 g/mol. The van der Waals surface area contributed by atoms with Crippen LogP contribution in [0.5, 0.6) is 0 Å². The van der Waals surface area contributed by atoms with Crippen molar-refractivity contribution in [2.75, 3.05) is 24.2 Å². The molecule has 3 fully saturated rings. The second-order valence-electron chi connectivity index (χ2n) is 6.55. The summed E-state index contributed by atoms with van der Waals surface area (Å²) >= 11 is 1.63. The van der Waals surface area contributed by atoms with E-state index < -0.39 is 0 Å². The van der Waals surface area contributed by atoms with Gasteiger partial charge in [-0.05, 0) is 37.9 Å². The number of piperidine rings is 2.